The largest absolute Gasteiger partial charge is 0.508 e. The number of aromatic hydroxyl groups is 1. The Labute approximate surface area is 172 Å². The van der Waals surface area contributed by atoms with Gasteiger partial charge >= 0.3 is 5.63 Å². The van der Waals surface area contributed by atoms with Crippen LogP contribution in [0.1, 0.15) is 24.5 Å². The molecule has 0 atom stereocenters. The molecule has 4 rings (SSSR count). The molecule has 6 nitrogen and oxygen atoms in total. The predicted molar refractivity (Wildman–Crippen MR) is 114 cm³/mol. The predicted octanol–water partition coefficient (Wildman–Crippen LogP) is 4.77. The summed E-state index contributed by atoms with van der Waals surface area (Å²) >= 11 is 1.53. The lowest BCUT2D eigenvalue weighted by Gasteiger charge is -2.10. The van der Waals surface area contributed by atoms with E-state index in [1.807, 2.05) is 12.1 Å². The maximum absolute atomic E-state index is 11.9. The maximum atomic E-state index is 11.9. The van der Waals surface area contributed by atoms with Crippen molar-refractivity contribution in [2.75, 3.05) is 0 Å². The molecule has 29 heavy (non-hydrogen) atoms. The van der Waals surface area contributed by atoms with Crippen LogP contribution in [0.2, 0.25) is 0 Å². The van der Waals surface area contributed by atoms with Crippen molar-refractivity contribution in [2.24, 2.45) is 0 Å². The zero-order valence-electron chi connectivity index (χ0n) is 16.3. The van der Waals surface area contributed by atoms with E-state index in [4.69, 9.17) is 4.42 Å². The number of hydrogen-bond acceptors (Lipinski definition) is 6. The van der Waals surface area contributed by atoms with Crippen molar-refractivity contribution >= 4 is 22.7 Å². The van der Waals surface area contributed by atoms with Crippen molar-refractivity contribution in [2.45, 2.75) is 37.7 Å². The second-order valence-corrected chi connectivity index (χ2v) is 7.83. The highest BCUT2D eigenvalue weighted by molar-refractivity contribution is 7.98. The fourth-order valence-corrected chi connectivity index (χ4v) is 4.25. The number of rotatable bonds is 6. The normalized spacial score (nSPS) is 11.2. The molecule has 0 saturated heterocycles. The third kappa shape index (κ3) is 4.05. The highest BCUT2D eigenvalue weighted by atomic mass is 32.2. The second-order valence-electron chi connectivity index (χ2n) is 6.89. The number of aromatic nitrogens is 3. The summed E-state index contributed by atoms with van der Waals surface area (Å²) < 4.78 is 7.34. The van der Waals surface area contributed by atoms with Crippen LogP contribution in [0.25, 0.3) is 22.4 Å². The van der Waals surface area contributed by atoms with Gasteiger partial charge in [0.15, 0.2) is 11.0 Å². The number of phenols is 1. The van der Waals surface area contributed by atoms with E-state index in [0.717, 1.165) is 40.5 Å². The van der Waals surface area contributed by atoms with Gasteiger partial charge in [0, 0.05) is 35.4 Å². The molecule has 2 aromatic carbocycles. The molecule has 0 aliphatic carbocycles. The molecule has 0 aliphatic heterocycles. The summed E-state index contributed by atoms with van der Waals surface area (Å²) in [5.74, 6) is 1.46. The van der Waals surface area contributed by atoms with Gasteiger partial charge in [-0.15, -0.1) is 10.2 Å². The smallest absolute Gasteiger partial charge is 0.336 e. The topological polar surface area (TPSA) is 81.2 Å². The molecule has 0 radical (unpaired) electrons. The second kappa shape index (κ2) is 8.13. The van der Waals surface area contributed by atoms with Gasteiger partial charge in [0.05, 0.1) is 0 Å². The number of hydrogen-bond donors (Lipinski definition) is 1. The quantitative estimate of drug-likeness (QED) is 0.366. The first-order valence-electron chi connectivity index (χ1n) is 9.44. The minimum absolute atomic E-state index is 0.0657. The van der Waals surface area contributed by atoms with Crippen molar-refractivity contribution in [1.29, 1.82) is 0 Å². The van der Waals surface area contributed by atoms with E-state index >= 15 is 0 Å². The van der Waals surface area contributed by atoms with Gasteiger partial charge in [-0.3, -0.25) is 0 Å². The lowest BCUT2D eigenvalue weighted by molar-refractivity contribution is 0.473. The molecule has 2 aromatic heterocycles. The van der Waals surface area contributed by atoms with Crippen LogP contribution in [-0.4, -0.2) is 19.9 Å². The molecule has 0 spiro atoms. The molecule has 0 aliphatic rings. The van der Waals surface area contributed by atoms with E-state index in [9.17, 15) is 9.90 Å². The molecule has 0 unspecified atom stereocenters. The molecule has 0 fully saturated rings. The summed E-state index contributed by atoms with van der Waals surface area (Å²) in [7, 11) is 0. The Morgan fingerprint density at radius 2 is 2.00 bits per heavy atom. The highest BCUT2D eigenvalue weighted by Gasteiger charge is 2.15. The van der Waals surface area contributed by atoms with Gasteiger partial charge < -0.3 is 14.1 Å². The number of aryl methyl sites for hydroxylation is 1. The number of benzene rings is 2. The Balaban J connectivity index is 1.67. The minimum atomic E-state index is -0.436. The first-order chi connectivity index (χ1) is 14.0. The zero-order chi connectivity index (χ0) is 20.4. The van der Waals surface area contributed by atoms with Crippen molar-refractivity contribution in [3.05, 3.63) is 70.1 Å². The Bertz CT molecular complexity index is 1230. The highest BCUT2D eigenvalue weighted by Crippen LogP contribution is 2.30. The Morgan fingerprint density at radius 1 is 1.14 bits per heavy atom. The standard InChI is InChI=1S/C22H21N3O3S/c1-3-9-25-21(15-6-4-5-14(2)10-15)23-24-22(25)29-13-16-11-20(27)28-19-12-17(26)7-8-18(16)19/h4-8,10-12,26H,3,9,13H2,1-2H3. The summed E-state index contributed by atoms with van der Waals surface area (Å²) in [6.45, 7) is 4.99. The van der Waals surface area contributed by atoms with Crippen LogP contribution in [0.5, 0.6) is 5.75 Å². The molecule has 148 valence electrons. The third-order valence-corrected chi connectivity index (χ3v) is 5.63. The van der Waals surface area contributed by atoms with Gasteiger partial charge in [-0.05, 0) is 37.1 Å². The Hall–Kier alpha value is -3.06. The van der Waals surface area contributed by atoms with E-state index in [1.165, 1.54) is 29.5 Å². The van der Waals surface area contributed by atoms with Gasteiger partial charge in [-0.2, -0.15) is 0 Å². The number of thioether (sulfide) groups is 1. The number of fused-ring (bicyclic) bond motifs is 1. The first kappa shape index (κ1) is 19.3. The van der Waals surface area contributed by atoms with Crippen molar-refractivity contribution in [3.63, 3.8) is 0 Å². The van der Waals surface area contributed by atoms with Crippen LogP contribution < -0.4 is 5.63 Å². The average molecular weight is 407 g/mol. The summed E-state index contributed by atoms with van der Waals surface area (Å²) in [5.41, 5.74) is 3.00. The maximum Gasteiger partial charge on any atom is 0.336 e. The molecular formula is C22H21N3O3S. The summed E-state index contributed by atoms with van der Waals surface area (Å²) in [6, 6.07) is 14.5. The molecule has 4 aromatic rings. The number of phenolic OH excluding ortho intramolecular Hbond substituents is 1. The summed E-state index contributed by atoms with van der Waals surface area (Å²) in [4.78, 5) is 11.9. The van der Waals surface area contributed by atoms with E-state index in [-0.39, 0.29) is 5.75 Å². The monoisotopic (exact) mass is 407 g/mol. The van der Waals surface area contributed by atoms with E-state index < -0.39 is 5.63 Å². The molecule has 0 bridgehead atoms. The van der Waals surface area contributed by atoms with Crippen LogP contribution in [0.4, 0.5) is 0 Å². The SMILES string of the molecule is CCCn1c(SCc2cc(=O)oc3cc(O)ccc23)nnc1-c1cccc(C)c1. The van der Waals surface area contributed by atoms with Crippen LogP contribution in [0, 0.1) is 6.92 Å². The Morgan fingerprint density at radius 3 is 2.79 bits per heavy atom. The van der Waals surface area contributed by atoms with E-state index in [2.05, 4.69) is 40.7 Å². The minimum Gasteiger partial charge on any atom is -0.508 e. The molecule has 0 saturated carbocycles. The number of nitrogens with zero attached hydrogens (tertiary/aromatic N) is 3. The van der Waals surface area contributed by atoms with Crippen molar-refractivity contribution in [1.82, 2.24) is 14.8 Å². The molecule has 7 heteroatoms. The average Bonchev–Trinajstić information content (AvgIpc) is 3.08. The first-order valence-corrected chi connectivity index (χ1v) is 10.4. The van der Waals surface area contributed by atoms with Crippen LogP contribution >= 0.6 is 11.8 Å². The van der Waals surface area contributed by atoms with Gasteiger partial charge in [0.25, 0.3) is 0 Å². The molecule has 2 heterocycles. The summed E-state index contributed by atoms with van der Waals surface area (Å²) in [6.07, 6.45) is 0.960. The fourth-order valence-electron chi connectivity index (χ4n) is 3.30. The zero-order valence-corrected chi connectivity index (χ0v) is 17.1. The van der Waals surface area contributed by atoms with Crippen LogP contribution in [0.15, 0.2) is 62.9 Å². The van der Waals surface area contributed by atoms with Crippen LogP contribution in [0.3, 0.4) is 0 Å². The van der Waals surface area contributed by atoms with Gasteiger partial charge in [0.2, 0.25) is 0 Å². The molecule has 0 amide bonds. The van der Waals surface area contributed by atoms with E-state index in [1.54, 1.807) is 12.1 Å². The van der Waals surface area contributed by atoms with Gasteiger partial charge in [-0.1, -0.05) is 42.4 Å². The third-order valence-electron chi connectivity index (χ3n) is 4.61. The summed E-state index contributed by atoms with van der Waals surface area (Å²) in [5, 5.41) is 20.1. The lowest BCUT2D eigenvalue weighted by atomic mass is 10.1. The van der Waals surface area contributed by atoms with Crippen molar-refractivity contribution in [3.8, 4) is 17.1 Å². The van der Waals surface area contributed by atoms with Gasteiger partial charge in [0.1, 0.15) is 11.3 Å². The molecule has 1 N–H and O–H groups in total. The lowest BCUT2D eigenvalue weighted by Crippen LogP contribution is -2.03. The van der Waals surface area contributed by atoms with E-state index in [0.29, 0.717) is 11.3 Å². The van der Waals surface area contributed by atoms with Crippen LogP contribution in [-0.2, 0) is 12.3 Å². The fraction of sp³-hybridized carbons (Fsp3) is 0.227. The Kier molecular flexibility index (Phi) is 5.40. The van der Waals surface area contributed by atoms with Gasteiger partial charge in [-0.25, -0.2) is 4.79 Å². The van der Waals surface area contributed by atoms with Crippen molar-refractivity contribution < 1.29 is 9.52 Å². The molecular weight excluding hydrogens is 386 g/mol.